The molecular formula is C47H45F2N11O5. The Balaban J connectivity index is 0.747. The second-order valence-electron chi connectivity index (χ2n) is 16.9. The lowest BCUT2D eigenvalue weighted by Gasteiger charge is -2.45. The predicted octanol–water partition coefficient (Wildman–Crippen LogP) is 4.30. The summed E-state index contributed by atoms with van der Waals surface area (Å²) in [6.07, 6.45) is 1.90. The van der Waals surface area contributed by atoms with E-state index >= 15 is 4.39 Å². The maximum absolute atomic E-state index is 15.9. The van der Waals surface area contributed by atoms with Crippen molar-refractivity contribution in [2.24, 2.45) is 5.92 Å². The van der Waals surface area contributed by atoms with Crippen LogP contribution in [-0.2, 0) is 22.7 Å². The molecule has 3 fully saturated rings. The molecule has 4 aliphatic rings. The number of piperidine rings is 1. The molecule has 0 bridgehead atoms. The number of methoxy groups -OCH3 is 1. The lowest BCUT2D eigenvalue weighted by Crippen LogP contribution is -2.55. The molecule has 4 amide bonds. The molecule has 332 valence electrons. The predicted molar refractivity (Wildman–Crippen MR) is 237 cm³/mol. The Kier molecular flexibility index (Phi) is 10.8. The third-order valence-corrected chi connectivity index (χ3v) is 12.8. The second-order valence-corrected chi connectivity index (χ2v) is 16.9. The molecule has 6 aromatic rings. The fourth-order valence-corrected chi connectivity index (χ4v) is 9.33. The van der Waals surface area contributed by atoms with Crippen LogP contribution in [0, 0.1) is 17.6 Å². The number of ether oxygens (including phenoxy) is 1. The van der Waals surface area contributed by atoms with Gasteiger partial charge in [-0.05, 0) is 60.0 Å². The van der Waals surface area contributed by atoms with E-state index in [0.717, 1.165) is 68.7 Å². The Bertz CT molecular complexity index is 2880. The Morgan fingerprint density at radius 2 is 1.69 bits per heavy atom. The van der Waals surface area contributed by atoms with Gasteiger partial charge in [0.25, 0.3) is 11.8 Å². The average Bonchev–Trinajstić information content (AvgIpc) is 3.85. The zero-order valence-corrected chi connectivity index (χ0v) is 35.5. The normalized spacial score (nSPS) is 17.9. The highest BCUT2D eigenvalue weighted by Gasteiger charge is 2.39. The lowest BCUT2D eigenvalue weighted by molar-refractivity contribution is -0.136. The van der Waals surface area contributed by atoms with Crippen molar-refractivity contribution in [1.29, 1.82) is 0 Å². The van der Waals surface area contributed by atoms with E-state index in [1.54, 1.807) is 15.6 Å². The third kappa shape index (κ3) is 7.94. The van der Waals surface area contributed by atoms with E-state index in [1.807, 2.05) is 53.4 Å². The Hall–Kier alpha value is -7.47. The Morgan fingerprint density at radius 1 is 0.908 bits per heavy atom. The van der Waals surface area contributed by atoms with E-state index in [1.165, 1.54) is 31.6 Å². The maximum atomic E-state index is 15.9. The number of amides is 4. The van der Waals surface area contributed by atoms with Crippen molar-refractivity contribution in [3.8, 4) is 22.7 Å². The van der Waals surface area contributed by atoms with Crippen LogP contribution < -0.4 is 30.9 Å². The summed E-state index contributed by atoms with van der Waals surface area (Å²) in [4.78, 5) is 67.3. The highest BCUT2D eigenvalue weighted by Crippen LogP contribution is 2.35. The first-order valence-corrected chi connectivity index (χ1v) is 21.5. The number of hydrogen-bond acceptors (Lipinski definition) is 12. The number of hydrogen-bond donors (Lipinski definition) is 3. The van der Waals surface area contributed by atoms with Gasteiger partial charge >= 0.3 is 0 Å². The number of benzene rings is 4. The van der Waals surface area contributed by atoms with E-state index < -0.39 is 23.7 Å². The van der Waals surface area contributed by atoms with E-state index in [-0.39, 0.29) is 47.7 Å². The van der Waals surface area contributed by atoms with Crippen molar-refractivity contribution in [2.75, 3.05) is 68.5 Å². The fourth-order valence-electron chi connectivity index (χ4n) is 9.33. The van der Waals surface area contributed by atoms with Crippen molar-refractivity contribution in [1.82, 2.24) is 40.2 Å². The van der Waals surface area contributed by atoms with Gasteiger partial charge in [0, 0.05) is 94.1 Å². The van der Waals surface area contributed by atoms with E-state index in [2.05, 4.69) is 30.4 Å². The van der Waals surface area contributed by atoms with Gasteiger partial charge in [0.2, 0.25) is 11.8 Å². The number of nitrogens with one attached hydrogen (secondary N) is 2. The monoisotopic (exact) mass is 881 g/mol. The molecule has 0 aliphatic carbocycles. The number of imide groups is 1. The summed E-state index contributed by atoms with van der Waals surface area (Å²) in [5, 5.41) is 10.5. The topological polar surface area (TPSA) is 184 Å². The molecule has 2 aromatic heterocycles. The molecule has 16 nitrogen and oxygen atoms in total. The molecule has 18 heteroatoms. The summed E-state index contributed by atoms with van der Waals surface area (Å²) >= 11 is 0. The molecule has 65 heavy (non-hydrogen) atoms. The van der Waals surface area contributed by atoms with Gasteiger partial charge < -0.3 is 30.5 Å². The van der Waals surface area contributed by atoms with Crippen molar-refractivity contribution in [3.63, 3.8) is 0 Å². The highest BCUT2D eigenvalue weighted by atomic mass is 19.1. The first kappa shape index (κ1) is 41.5. The number of halogens is 2. The number of piperazine rings is 1. The molecule has 0 spiro atoms. The average molecular weight is 882 g/mol. The van der Waals surface area contributed by atoms with E-state index in [4.69, 9.17) is 15.6 Å². The molecule has 10 rings (SSSR count). The molecular weight excluding hydrogens is 837 g/mol. The van der Waals surface area contributed by atoms with E-state index in [0.29, 0.717) is 58.1 Å². The molecule has 6 heterocycles. The van der Waals surface area contributed by atoms with Crippen LogP contribution in [0.5, 0.6) is 5.75 Å². The van der Waals surface area contributed by atoms with Crippen LogP contribution in [0.3, 0.4) is 0 Å². The van der Waals surface area contributed by atoms with Gasteiger partial charge in [-0.2, -0.15) is 5.10 Å². The first-order chi connectivity index (χ1) is 31.5. The van der Waals surface area contributed by atoms with Gasteiger partial charge in [-0.15, -0.1) is 0 Å². The highest BCUT2D eigenvalue weighted by molar-refractivity contribution is 6.06. The van der Waals surface area contributed by atoms with Crippen LogP contribution in [0.2, 0.25) is 0 Å². The number of aromatic nitrogens is 4. The SMILES string of the molecule is COc1ccc(F)cc1C(=O)NCc1ccc(-c2nn(-c3ccc(N4CC(CN5CCN(c6ccc7c(c6)C(=O)N([C@H]6CCC(=O)NC6=O)C7)CC5)C4)c(F)c3)c3ncnc(N)c23)cc1. The molecule has 0 unspecified atom stereocenters. The first-order valence-electron chi connectivity index (χ1n) is 21.5. The summed E-state index contributed by atoms with van der Waals surface area (Å²) in [5.41, 5.74) is 12.4. The number of carbonyl (C=O) groups excluding carboxylic acids is 4. The van der Waals surface area contributed by atoms with Gasteiger partial charge in [0.05, 0.1) is 29.4 Å². The standard InChI is InChI=1S/C47H45F2N11O5/c1-65-39-12-7-31(48)18-35(39)45(62)51-21-27-2-4-29(5-3-27)42-41-43(50)52-26-53-44(41)60(55-42)33-9-10-37(36(49)20-33)58-23-28(24-58)22-56-14-16-57(17-15-56)32-8-6-30-25-59(47(64)34(30)19-32)38-11-13-40(61)54-46(38)63/h2-10,12,18-20,26,28,38H,11,13-17,21-25H2,1H3,(H,51,62)(H2,50,52,53)(H,54,61,63)/t38-/m0/s1. The molecule has 4 aliphatic heterocycles. The second kappa shape index (κ2) is 16.9. The number of nitrogens with two attached hydrogens (primary N) is 1. The Morgan fingerprint density at radius 3 is 2.45 bits per heavy atom. The minimum Gasteiger partial charge on any atom is -0.496 e. The van der Waals surface area contributed by atoms with Gasteiger partial charge in [-0.1, -0.05) is 30.3 Å². The number of anilines is 3. The van der Waals surface area contributed by atoms with Crippen molar-refractivity contribution >= 4 is 51.9 Å². The number of fused-ring (bicyclic) bond motifs is 2. The minimum atomic E-state index is -0.637. The molecule has 3 saturated heterocycles. The molecule has 0 radical (unpaired) electrons. The number of rotatable bonds is 11. The van der Waals surface area contributed by atoms with Gasteiger partial charge in [-0.25, -0.2) is 23.4 Å². The molecule has 4 N–H and O–H groups in total. The lowest BCUT2D eigenvalue weighted by atomic mass is 9.97. The minimum absolute atomic E-state index is 0.0938. The van der Waals surface area contributed by atoms with Crippen molar-refractivity contribution < 1.29 is 32.7 Å². The van der Waals surface area contributed by atoms with Crippen LogP contribution in [0.4, 0.5) is 26.0 Å². The van der Waals surface area contributed by atoms with Crippen LogP contribution in [0.25, 0.3) is 28.0 Å². The summed E-state index contributed by atoms with van der Waals surface area (Å²) in [6.45, 7) is 6.21. The summed E-state index contributed by atoms with van der Waals surface area (Å²) in [5.74, 6) is -1.41. The molecule has 0 saturated carbocycles. The zero-order chi connectivity index (χ0) is 44.9. The smallest absolute Gasteiger partial charge is 0.255 e. The quantitative estimate of drug-likeness (QED) is 0.157. The van der Waals surface area contributed by atoms with Crippen LogP contribution in [0.15, 0.2) is 85.2 Å². The van der Waals surface area contributed by atoms with Crippen LogP contribution >= 0.6 is 0 Å². The number of carbonyl (C=O) groups is 4. The van der Waals surface area contributed by atoms with Gasteiger partial charge in [0.15, 0.2) is 5.65 Å². The van der Waals surface area contributed by atoms with Gasteiger partial charge in [-0.3, -0.25) is 29.4 Å². The number of nitrogen functional groups attached to an aromatic ring is 1. The zero-order valence-electron chi connectivity index (χ0n) is 35.5. The maximum Gasteiger partial charge on any atom is 0.255 e. The summed E-state index contributed by atoms with van der Waals surface area (Å²) in [6, 6.07) is 21.5. The summed E-state index contributed by atoms with van der Waals surface area (Å²) in [7, 11) is 1.42. The largest absolute Gasteiger partial charge is 0.496 e. The molecule has 1 atom stereocenters. The fraction of sp³-hybridized carbons (Fsp3) is 0.298. The van der Waals surface area contributed by atoms with Crippen molar-refractivity contribution in [2.45, 2.75) is 32.0 Å². The molecule has 4 aromatic carbocycles. The summed E-state index contributed by atoms with van der Waals surface area (Å²) < 4.78 is 36.6. The Labute approximate surface area is 372 Å². The van der Waals surface area contributed by atoms with E-state index in [9.17, 15) is 23.6 Å². The third-order valence-electron chi connectivity index (χ3n) is 12.8. The van der Waals surface area contributed by atoms with Crippen LogP contribution in [-0.4, -0.2) is 112 Å². The van der Waals surface area contributed by atoms with Gasteiger partial charge in [0.1, 0.15) is 41.3 Å². The van der Waals surface area contributed by atoms with Crippen molar-refractivity contribution in [3.05, 3.63) is 119 Å². The van der Waals surface area contributed by atoms with Crippen LogP contribution in [0.1, 0.15) is 44.7 Å². The number of nitrogens with zero attached hydrogens (tertiary/aromatic N) is 8.